The van der Waals surface area contributed by atoms with Gasteiger partial charge in [0.25, 0.3) is 0 Å². The number of hydrogen-bond donors (Lipinski definition) is 0. The van der Waals surface area contributed by atoms with Crippen LogP contribution in [0.2, 0.25) is 0 Å². The first-order valence-electron chi connectivity index (χ1n) is 6.79. The van der Waals surface area contributed by atoms with Gasteiger partial charge in [0.05, 0.1) is 0 Å². The van der Waals surface area contributed by atoms with Gasteiger partial charge >= 0.3 is 5.97 Å². The molecule has 0 heterocycles. The lowest BCUT2D eigenvalue weighted by Gasteiger charge is -2.48. The van der Waals surface area contributed by atoms with Crippen LogP contribution in [0.4, 0.5) is 0 Å². The zero-order valence-electron chi connectivity index (χ0n) is 11.3. The molecule has 2 bridgehead atoms. The van der Waals surface area contributed by atoms with Crippen LogP contribution in [-0.2, 0) is 9.53 Å². The molecule has 4 unspecified atom stereocenters. The summed E-state index contributed by atoms with van der Waals surface area (Å²) in [5.41, 5.74) is 0.263. The van der Waals surface area contributed by atoms with Crippen LogP contribution < -0.4 is 0 Å². The van der Waals surface area contributed by atoms with Gasteiger partial charge in [-0.25, -0.2) is 4.79 Å². The minimum Gasteiger partial charge on any atom is -0.456 e. The molecule has 17 heavy (non-hydrogen) atoms. The Morgan fingerprint density at radius 1 is 1.35 bits per heavy atom. The van der Waals surface area contributed by atoms with E-state index in [4.69, 9.17) is 4.74 Å². The van der Waals surface area contributed by atoms with Crippen molar-refractivity contribution in [3.8, 4) is 0 Å². The van der Waals surface area contributed by atoms with E-state index in [2.05, 4.69) is 20.4 Å². The van der Waals surface area contributed by atoms with Gasteiger partial charge in [-0.1, -0.05) is 13.5 Å². The molecule has 2 rings (SSSR count). The number of esters is 1. The second-order valence-corrected chi connectivity index (χ2v) is 6.40. The Labute approximate surface area is 104 Å². The minimum absolute atomic E-state index is 0.218. The highest BCUT2D eigenvalue weighted by atomic mass is 16.6. The summed E-state index contributed by atoms with van der Waals surface area (Å²) in [4.78, 5) is 11.7. The lowest BCUT2D eigenvalue weighted by molar-refractivity contribution is -0.168. The van der Waals surface area contributed by atoms with Gasteiger partial charge in [-0.15, -0.1) is 0 Å². The van der Waals surface area contributed by atoms with Gasteiger partial charge in [-0.3, -0.25) is 0 Å². The highest BCUT2D eigenvalue weighted by Crippen LogP contribution is 2.48. The zero-order chi connectivity index (χ0) is 12.6. The molecule has 2 fully saturated rings. The summed E-state index contributed by atoms with van der Waals surface area (Å²) in [6, 6.07) is 0. The molecular formula is C15H24O2. The largest absolute Gasteiger partial charge is 0.456 e. The molecule has 0 radical (unpaired) electrons. The van der Waals surface area contributed by atoms with E-state index in [0.717, 1.165) is 18.3 Å². The molecule has 0 amide bonds. The number of rotatable bonds is 2. The van der Waals surface area contributed by atoms with Crippen molar-refractivity contribution in [3.05, 3.63) is 12.2 Å². The van der Waals surface area contributed by atoms with E-state index in [0.29, 0.717) is 11.5 Å². The molecule has 0 aromatic heterocycles. The van der Waals surface area contributed by atoms with Gasteiger partial charge in [0, 0.05) is 5.57 Å². The highest BCUT2D eigenvalue weighted by Gasteiger charge is 2.46. The molecule has 0 spiro atoms. The molecule has 2 aliphatic carbocycles. The summed E-state index contributed by atoms with van der Waals surface area (Å²) >= 11 is 0. The normalized spacial score (nSPS) is 40.8. The predicted octanol–water partition coefficient (Wildman–Crippen LogP) is 3.71. The Morgan fingerprint density at radius 2 is 2.06 bits per heavy atom. The second-order valence-electron chi connectivity index (χ2n) is 6.40. The van der Waals surface area contributed by atoms with Gasteiger partial charge < -0.3 is 4.74 Å². The maximum Gasteiger partial charge on any atom is 0.333 e. The first kappa shape index (κ1) is 12.7. The Kier molecular flexibility index (Phi) is 3.33. The summed E-state index contributed by atoms with van der Waals surface area (Å²) in [7, 11) is 0. The van der Waals surface area contributed by atoms with Crippen molar-refractivity contribution in [2.75, 3.05) is 0 Å². The number of fused-ring (bicyclic) bond motifs is 2. The summed E-state index contributed by atoms with van der Waals surface area (Å²) in [6.45, 7) is 9.84. The third kappa shape index (κ3) is 2.56. The van der Waals surface area contributed by atoms with Gasteiger partial charge in [-0.2, -0.15) is 0 Å². The average molecular weight is 236 g/mol. The molecule has 96 valence electrons. The number of carbonyl (C=O) groups is 1. The number of ether oxygens (including phenoxy) is 1. The number of carbonyl (C=O) groups excluding carboxylic acids is 1. The molecule has 2 nitrogen and oxygen atoms in total. The smallest absolute Gasteiger partial charge is 0.333 e. The van der Waals surface area contributed by atoms with Crippen LogP contribution >= 0.6 is 0 Å². The SMILES string of the molecule is C=C(C)C(=O)OC1(C)CCC2CC(C)CC1C2. The standard InChI is InChI=1S/C15H24O2/c1-10(2)14(16)17-15(4)6-5-12-7-11(3)8-13(15)9-12/h11-13H,1,5-9H2,2-4H3. The number of hydrogen-bond acceptors (Lipinski definition) is 2. The molecule has 0 aromatic rings. The van der Waals surface area contributed by atoms with E-state index < -0.39 is 0 Å². The van der Waals surface area contributed by atoms with Crippen LogP contribution in [0.3, 0.4) is 0 Å². The third-order valence-electron chi connectivity index (χ3n) is 4.63. The van der Waals surface area contributed by atoms with E-state index in [1.54, 1.807) is 6.92 Å². The molecule has 0 aromatic carbocycles. The maximum absolute atomic E-state index is 11.7. The van der Waals surface area contributed by atoms with Crippen LogP contribution in [0, 0.1) is 17.8 Å². The molecule has 2 saturated carbocycles. The van der Waals surface area contributed by atoms with E-state index in [1.807, 2.05) is 0 Å². The molecule has 0 aliphatic heterocycles. The fraction of sp³-hybridized carbons (Fsp3) is 0.800. The zero-order valence-corrected chi connectivity index (χ0v) is 11.3. The molecule has 4 atom stereocenters. The quantitative estimate of drug-likeness (QED) is 0.539. The van der Waals surface area contributed by atoms with E-state index in [9.17, 15) is 4.79 Å². The Bertz CT molecular complexity index is 332. The summed E-state index contributed by atoms with van der Waals surface area (Å²) in [6.07, 6.45) is 6.04. The van der Waals surface area contributed by atoms with Crippen molar-refractivity contribution < 1.29 is 9.53 Å². The summed E-state index contributed by atoms with van der Waals surface area (Å²) < 4.78 is 5.74. The average Bonchev–Trinajstić information content (AvgIpc) is 2.24. The Morgan fingerprint density at radius 3 is 2.71 bits per heavy atom. The first-order chi connectivity index (χ1) is 7.90. The molecule has 0 saturated heterocycles. The fourth-order valence-electron chi connectivity index (χ4n) is 3.61. The Balaban J connectivity index is 2.08. The topological polar surface area (TPSA) is 26.3 Å². The lowest BCUT2D eigenvalue weighted by Crippen LogP contribution is -2.47. The van der Waals surface area contributed by atoms with Crippen molar-refractivity contribution in [2.45, 2.75) is 58.5 Å². The van der Waals surface area contributed by atoms with E-state index in [1.165, 1.54) is 25.7 Å². The van der Waals surface area contributed by atoms with Crippen molar-refractivity contribution in [2.24, 2.45) is 17.8 Å². The van der Waals surface area contributed by atoms with Gasteiger partial charge in [-0.05, 0) is 63.7 Å². The van der Waals surface area contributed by atoms with Crippen molar-refractivity contribution in [1.82, 2.24) is 0 Å². The molecule has 0 N–H and O–H groups in total. The van der Waals surface area contributed by atoms with Gasteiger partial charge in [0.1, 0.15) is 5.60 Å². The molecule has 2 aliphatic rings. The van der Waals surface area contributed by atoms with Crippen LogP contribution in [0.15, 0.2) is 12.2 Å². The maximum atomic E-state index is 11.7. The van der Waals surface area contributed by atoms with Crippen molar-refractivity contribution >= 4 is 5.97 Å². The highest BCUT2D eigenvalue weighted by molar-refractivity contribution is 5.87. The summed E-state index contributed by atoms with van der Waals surface area (Å²) in [5.74, 6) is 1.97. The first-order valence-corrected chi connectivity index (χ1v) is 6.79. The lowest BCUT2D eigenvalue weighted by atomic mass is 9.62. The second kappa shape index (κ2) is 4.47. The fourth-order valence-corrected chi connectivity index (χ4v) is 3.61. The molecular weight excluding hydrogens is 212 g/mol. The van der Waals surface area contributed by atoms with Gasteiger partial charge in [0.15, 0.2) is 0 Å². The van der Waals surface area contributed by atoms with Crippen molar-refractivity contribution in [1.29, 1.82) is 0 Å². The van der Waals surface area contributed by atoms with Crippen molar-refractivity contribution in [3.63, 3.8) is 0 Å². The predicted molar refractivity (Wildman–Crippen MR) is 68.5 cm³/mol. The van der Waals surface area contributed by atoms with E-state index >= 15 is 0 Å². The third-order valence-corrected chi connectivity index (χ3v) is 4.63. The summed E-state index contributed by atoms with van der Waals surface area (Å²) in [5, 5.41) is 0. The Hall–Kier alpha value is -0.790. The van der Waals surface area contributed by atoms with Crippen LogP contribution in [-0.4, -0.2) is 11.6 Å². The minimum atomic E-state index is -0.249. The van der Waals surface area contributed by atoms with Crippen LogP contribution in [0.25, 0.3) is 0 Å². The van der Waals surface area contributed by atoms with Crippen LogP contribution in [0.5, 0.6) is 0 Å². The van der Waals surface area contributed by atoms with E-state index in [-0.39, 0.29) is 11.6 Å². The van der Waals surface area contributed by atoms with Gasteiger partial charge in [0.2, 0.25) is 0 Å². The molecule has 2 heteroatoms. The monoisotopic (exact) mass is 236 g/mol. The van der Waals surface area contributed by atoms with Crippen LogP contribution in [0.1, 0.15) is 52.9 Å².